The fourth-order valence-corrected chi connectivity index (χ4v) is 2.06. The van der Waals surface area contributed by atoms with Crippen LogP contribution in [0.4, 0.5) is 10.1 Å². The molecule has 0 bridgehead atoms. The summed E-state index contributed by atoms with van der Waals surface area (Å²) in [6.07, 6.45) is -1.03. The van der Waals surface area contributed by atoms with Gasteiger partial charge in [-0.1, -0.05) is 23.7 Å². The van der Waals surface area contributed by atoms with E-state index < -0.39 is 6.10 Å². The van der Waals surface area contributed by atoms with Gasteiger partial charge in [0, 0.05) is 5.02 Å². The molecule has 6 heteroatoms. The molecule has 0 saturated carbocycles. The summed E-state index contributed by atoms with van der Waals surface area (Å²) in [5, 5.41) is 10.6. The van der Waals surface area contributed by atoms with Crippen LogP contribution < -0.4 is 10.9 Å². The van der Waals surface area contributed by atoms with Gasteiger partial charge in [-0.2, -0.15) is 0 Å². The third-order valence-electron chi connectivity index (χ3n) is 3.16. The molecule has 2 aromatic rings. The van der Waals surface area contributed by atoms with Crippen LogP contribution in [-0.4, -0.2) is 11.0 Å². The number of benzene rings is 2. The molecule has 0 aromatic heterocycles. The van der Waals surface area contributed by atoms with Crippen molar-refractivity contribution in [2.75, 3.05) is 5.43 Å². The summed E-state index contributed by atoms with van der Waals surface area (Å²) < 4.78 is 13.0. The molecule has 116 valence electrons. The largest absolute Gasteiger partial charge is 0.388 e. The summed E-state index contributed by atoms with van der Waals surface area (Å²) >= 11 is 5.77. The Balaban J connectivity index is 1.88. The second-order valence-corrected chi connectivity index (χ2v) is 5.34. The minimum Gasteiger partial charge on any atom is -0.388 e. The van der Waals surface area contributed by atoms with E-state index in [2.05, 4.69) is 10.9 Å². The van der Waals surface area contributed by atoms with Crippen LogP contribution >= 0.6 is 11.6 Å². The molecule has 0 radical (unpaired) electrons. The predicted molar refractivity (Wildman–Crippen MR) is 83.9 cm³/mol. The number of halogens is 2. The van der Waals surface area contributed by atoms with Crippen molar-refractivity contribution in [3.8, 4) is 0 Å². The highest BCUT2D eigenvalue weighted by atomic mass is 35.5. The fraction of sp³-hybridized carbons (Fsp3) is 0.188. The van der Waals surface area contributed by atoms with Crippen LogP contribution in [0.1, 0.15) is 23.7 Å². The lowest BCUT2D eigenvalue weighted by Gasteiger charge is -2.14. The van der Waals surface area contributed by atoms with Crippen molar-refractivity contribution >= 4 is 23.2 Å². The average Bonchev–Trinajstić information content (AvgIpc) is 2.47. The molecule has 0 aliphatic heterocycles. The molecule has 4 nitrogen and oxygen atoms in total. The molecule has 0 saturated heterocycles. The van der Waals surface area contributed by atoms with E-state index in [-0.39, 0.29) is 18.1 Å². The summed E-state index contributed by atoms with van der Waals surface area (Å²) in [5.41, 5.74) is 7.05. The second-order valence-electron chi connectivity index (χ2n) is 4.90. The quantitative estimate of drug-likeness (QED) is 0.740. The number of hydrazine groups is 1. The molecular weight excluding hydrogens is 307 g/mol. The van der Waals surface area contributed by atoms with Gasteiger partial charge >= 0.3 is 0 Å². The van der Waals surface area contributed by atoms with E-state index in [4.69, 9.17) is 11.6 Å². The number of rotatable bonds is 5. The molecule has 2 aromatic carbocycles. The zero-order valence-electron chi connectivity index (χ0n) is 11.9. The lowest BCUT2D eigenvalue weighted by atomic mass is 10.1. The first-order chi connectivity index (χ1) is 10.5. The van der Waals surface area contributed by atoms with Gasteiger partial charge in [0.2, 0.25) is 5.91 Å². The summed E-state index contributed by atoms with van der Waals surface area (Å²) in [6.45, 7) is 1.72. The van der Waals surface area contributed by atoms with Crippen LogP contribution in [-0.2, 0) is 4.79 Å². The first-order valence-corrected chi connectivity index (χ1v) is 7.08. The fourth-order valence-electron chi connectivity index (χ4n) is 1.93. The minimum absolute atomic E-state index is 0.102. The van der Waals surface area contributed by atoms with Crippen molar-refractivity contribution in [1.29, 1.82) is 0 Å². The number of carbonyl (C=O) groups excluding carboxylic acids is 1. The molecule has 1 amide bonds. The van der Waals surface area contributed by atoms with Gasteiger partial charge in [-0.05, 0) is 48.4 Å². The third kappa shape index (κ3) is 4.44. The SMILES string of the molecule is Cc1cc(F)ccc1NNC(=O)CC(O)c1ccc(Cl)cc1. The topological polar surface area (TPSA) is 61.4 Å². The van der Waals surface area contributed by atoms with Crippen LogP contribution in [0.25, 0.3) is 0 Å². The standard InChI is InChI=1S/C16H16ClFN2O2/c1-10-8-13(18)6-7-14(10)19-20-16(22)9-15(21)11-2-4-12(17)5-3-11/h2-8,15,19,21H,9H2,1H3,(H,20,22). The van der Waals surface area contributed by atoms with Gasteiger partial charge in [0.1, 0.15) is 5.82 Å². The summed E-state index contributed by atoms with van der Waals surface area (Å²) in [4.78, 5) is 11.8. The maximum Gasteiger partial charge on any atom is 0.241 e. The van der Waals surface area contributed by atoms with Crippen LogP contribution in [0.5, 0.6) is 0 Å². The Bertz CT molecular complexity index is 662. The van der Waals surface area contributed by atoms with Crippen LogP contribution in [0.3, 0.4) is 0 Å². The molecule has 3 N–H and O–H groups in total. The smallest absolute Gasteiger partial charge is 0.241 e. The molecule has 2 rings (SSSR count). The number of amides is 1. The molecule has 0 spiro atoms. The number of hydrogen-bond acceptors (Lipinski definition) is 3. The zero-order chi connectivity index (χ0) is 16.1. The molecule has 0 heterocycles. The van der Waals surface area contributed by atoms with Gasteiger partial charge in [0.15, 0.2) is 0 Å². The Hall–Kier alpha value is -2.11. The van der Waals surface area contributed by atoms with Gasteiger partial charge in [0.05, 0.1) is 18.2 Å². The maximum absolute atomic E-state index is 13.0. The molecule has 1 atom stereocenters. The third-order valence-corrected chi connectivity index (χ3v) is 3.41. The Morgan fingerprint density at radius 2 is 1.95 bits per heavy atom. The number of anilines is 1. The number of carbonyl (C=O) groups is 1. The van der Waals surface area contributed by atoms with Crippen molar-refractivity contribution in [3.05, 3.63) is 64.4 Å². The van der Waals surface area contributed by atoms with Crippen LogP contribution in [0.15, 0.2) is 42.5 Å². The molecule has 0 fully saturated rings. The van der Waals surface area contributed by atoms with Crippen LogP contribution in [0.2, 0.25) is 5.02 Å². The lowest BCUT2D eigenvalue weighted by molar-refractivity contribution is -0.122. The van der Waals surface area contributed by atoms with E-state index in [0.717, 1.165) is 0 Å². The Morgan fingerprint density at radius 1 is 1.27 bits per heavy atom. The maximum atomic E-state index is 13.0. The van der Waals surface area contributed by atoms with Gasteiger partial charge in [-0.15, -0.1) is 0 Å². The summed E-state index contributed by atoms with van der Waals surface area (Å²) in [5.74, 6) is -0.723. The lowest BCUT2D eigenvalue weighted by Crippen LogP contribution is -2.30. The number of aryl methyl sites for hydroxylation is 1. The van der Waals surface area contributed by atoms with Crippen molar-refractivity contribution in [2.45, 2.75) is 19.4 Å². The van der Waals surface area contributed by atoms with Gasteiger partial charge in [-0.25, -0.2) is 4.39 Å². The molecule has 0 aliphatic rings. The van der Waals surface area contributed by atoms with E-state index in [0.29, 0.717) is 21.8 Å². The van der Waals surface area contributed by atoms with E-state index in [1.165, 1.54) is 18.2 Å². The van der Waals surface area contributed by atoms with E-state index in [1.54, 1.807) is 31.2 Å². The van der Waals surface area contributed by atoms with Gasteiger partial charge < -0.3 is 5.11 Å². The number of aliphatic hydroxyl groups is 1. The van der Waals surface area contributed by atoms with Crippen molar-refractivity contribution < 1.29 is 14.3 Å². The second kappa shape index (κ2) is 7.24. The monoisotopic (exact) mass is 322 g/mol. The van der Waals surface area contributed by atoms with Crippen molar-refractivity contribution in [1.82, 2.24) is 5.43 Å². The van der Waals surface area contributed by atoms with Crippen molar-refractivity contribution in [2.24, 2.45) is 0 Å². The molecule has 0 aliphatic carbocycles. The minimum atomic E-state index is -0.923. The van der Waals surface area contributed by atoms with E-state index >= 15 is 0 Å². The Morgan fingerprint density at radius 3 is 2.59 bits per heavy atom. The van der Waals surface area contributed by atoms with E-state index in [1.807, 2.05) is 0 Å². The average molecular weight is 323 g/mol. The predicted octanol–water partition coefficient (Wildman–Crippen LogP) is 3.35. The molecule has 22 heavy (non-hydrogen) atoms. The number of hydrogen-bond donors (Lipinski definition) is 3. The normalized spacial score (nSPS) is 11.8. The highest BCUT2D eigenvalue weighted by Crippen LogP contribution is 2.19. The first-order valence-electron chi connectivity index (χ1n) is 6.70. The van der Waals surface area contributed by atoms with Crippen LogP contribution in [0, 0.1) is 12.7 Å². The first kappa shape index (κ1) is 16.3. The Labute approximate surface area is 132 Å². The number of nitrogens with one attached hydrogen (secondary N) is 2. The van der Waals surface area contributed by atoms with Gasteiger partial charge in [-0.3, -0.25) is 15.6 Å². The molecular formula is C16H16ClFN2O2. The van der Waals surface area contributed by atoms with E-state index in [9.17, 15) is 14.3 Å². The highest BCUT2D eigenvalue weighted by molar-refractivity contribution is 6.30. The Kier molecular flexibility index (Phi) is 5.35. The van der Waals surface area contributed by atoms with Gasteiger partial charge in [0.25, 0.3) is 0 Å². The summed E-state index contributed by atoms with van der Waals surface area (Å²) in [7, 11) is 0. The number of aliphatic hydroxyl groups excluding tert-OH is 1. The molecule has 1 unspecified atom stereocenters. The summed E-state index contributed by atoms with van der Waals surface area (Å²) in [6, 6.07) is 10.8. The highest BCUT2D eigenvalue weighted by Gasteiger charge is 2.13. The zero-order valence-corrected chi connectivity index (χ0v) is 12.7. The van der Waals surface area contributed by atoms with Crippen molar-refractivity contribution in [3.63, 3.8) is 0 Å².